The van der Waals surface area contributed by atoms with E-state index >= 15 is 0 Å². The highest BCUT2D eigenvalue weighted by molar-refractivity contribution is 7.12. The van der Waals surface area contributed by atoms with Gasteiger partial charge in [-0.15, -0.1) is 11.3 Å². The van der Waals surface area contributed by atoms with Crippen molar-refractivity contribution in [2.75, 3.05) is 25.6 Å². The number of hydrogen-bond donors (Lipinski definition) is 2. The molecule has 1 aromatic heterocycles. The van der Waals surface area contributed by atoms with Crippen molar-refractivity contribution in [2.45, 2.75) is 31.7 Å². The summed E-state index contributed by atoms with van der Waals surface area (Å²) in [5, 5.41) is 6.73. The lowest BCUT2D eigenvalue weighted by Gasteiger charge is -2.37. The SMILES string of the molecule is COCCCNC(=O)c1ccc2c(c1)C1C=CCC1C(c1ccc(C)s1)N2. The van der Waals surface area contributed by atoms with Gasteiger partial charge in [-0.3, -0.25) is 4.79 Å². The molecule has 2 N–H and O–H groups in total. The van der Waals surface area contributed by atoms with E-state index in [2.05, 4.69) is 54.0 Å². The quantitative estimate of drug-likeness (QED) is 0.565. The van der Waals surface area contributed by atoms with Crippen molar-refractivity contribution in [1.29, 1.82) is 0 Å². The lowest BCUT2D eigenvalue weighted by Crippen LogP contribution is -2.29. The van der Waals surface area contributed by atoms with Crippen molar-refractivity contribution in [3.8, 4) is 0 Å². The molecule has 2 aromatic rings. The molecule has 0 bridgehead atoms. The van der Waals surface area contributed by atoms with Crippen LogP contribution in [0.15, 0.2) is 42.5 Å². The van der Waals surface area contributed by atoms with Crippen molar-refractivity contribution >= 4 is 22.9 Å². The zero-order chi connectivity index (χ0) is 18.8. The average molecular weight is 383 g/mol. The molecule has 0 spiro atoms. The molecule has 0 saturated carbocycles. The average Bonchev–Trinajstić information content (AvgIpc) is 3.33. The minimum Gasteiger partial charge on any atom is -0.385 e. The van der Waals surface area contributed by atoms with Crippen LogP contribution >= 0.6 is 11.3 Å². The first-order chi connectivity index (χ1) is 13.2. The predicted molar refractivity (Wildman–Crippen MR) is 111 cm³/mol. The van der Waals surface area contributed by atoms with Crippen LogP contribution in [-0.4, -0.2) is 26.2 Å². The van der Waals surface area contributed by atoms with Crippen molar-refractivity contribution in [2.24, 2.45) is 5.92 Å². The van der Waals surface area contributed by atoms with Crippen molar-refractivity contribution in [3.63, 3.8) is 0 Å². The fourth-order valence-corrected chi connectivity index (χ4v) is 5.16. The fourth-order valence-electron chi connectivity index (χ4n) is 4.16. The normalized spacial score (nSPS) is 22.8. The number of methoxy groups -OCH3 is 1. The molecule has 0 saturated heterocycles. The van der Waals surface area contributed by atoms with E-state index in [0.717, 1.165) is 24.1 Å². The molecule has 1 aliphatic carbocycles. The van der Waals surface area contributed by atoms with Crippen LogP contribution in [0.2, 0.25) is 0 Å². The van der Waals surface area contributed by atoms with E-state index < -0.39 is 0 Å². The van der Waals surface area contributed by atoms with Crippen molar-refractivity contribution in [3.05, 3.63) is 63.4 Å². The van der Waals surface area contributed by atoms with Crippen LogP contribution in [0.3, 0.4) is 0 Å². The van der Waals surface area contributed by atoms with Gasteiger partial charge in [0, 0.05) is 47.2 Å². The maximum atomic E-state index is 12.5. The molecule has 3 atom stereocenters. The second-order valence-electron chi connectivity index (χ2n) is 7.33. The summed E-state index contributed by atoms with van der Waals surface area (Å²) >= 11 is 1.87. The van der Waals surface area contributed by atoms with E-state index in [1.54, 1.807) is 7.11 Å². The topological polar surface area (TPSA) is 50.4 Å². The van der Waals surface area contributed by atoms with Gasteiger partial charge in [-0.2, -0.15) is 0 Å². The number of carbonyl (C=O) groups excluding carboxylic acids is 1. The van der Waals surface area contributed by atoms with E-state index in [0.29, 0.717) is 31.0 Å². The predicted octanol–water partition coefficient (Wildman–Crippen LogP) is 4.65. The first-order valence-corrected chi connectivity index (χ1v) is 10.4. The first-order valence-electron chi connectivity index (χ1n) is 9.58. The molecule has 1 aromatic carbocycles. The van der Waals surface area contributed by atoms with Gasteiger partial charge in [0.25, 0.3) is 5.91 Å². The number of aryl methyl sites for hydroxylation is 1. The number of fused-ring (bicyclic) bond motifs is 3. The Morgan fingerprint density at radius 1 is 1.33 bits per heavy atom. The van der Waals surface area contributed by atoms with Crippen LogP contribution in [0.1, 0.15) is 50.5 Å². The summed E-state index contributed by atoms with van der Waals surface area (Å²) in [6.45, 7) is 3.45. The highest BCUT2D eigenvalue weighted by Gasteiger charge is 2.38. The van der Waals surface area contributed by atoms with Crippen LogP contribution in [0.4, 0.5) is 5.69 Å². The number of nitrogens with one attached hydrogen (secondary N) is 2. The van der Waals surface area contributed by atoms with Crippen LogP contribution in [0.25, 0.3) is 0 Å². The van der Waals surface area contributed by atoms with Crippen LogP contribution < -0.4 is 10.6 Å². The number of amides is 1. The number of allylic oxidation sites excluding steroid dienone is 2. The Morgan fingerprint density at radius 2 is 2.22 bits per heavy atom. The van der Waals surface area contributed by atoms with E-state index in [1.807, 2.05) is 17.4 Å². The smallest absolute Gasteiger partial charge is 0.251 e. The number of anilines is 1. The molecule has 0 radical (unpaired) electrons. The molecule has 2 aliphatic rings. The van der Waals surface area contributed by atoms with Gasteiger partial charge in [-0.05, 0) is 61.6 Å². The van der Waals surface area contributed by atoms with Gasteiger partial charge in [-0.1, -0.05) is 12.2 Å². The molecule has 142 valence electrons. The molecule has 4 rings (SSSR count). The monoisotopic (exact) mass is 382 g/mol. The molecular weight excluding hydrogens is 356 g/mol. The van der Waals surface area contributed by atoms with Gasteiger partial charge in [0.15, 0.2) is 0 Å². The summed E-state index contributed by atoms with van der Waals surface area (Å²) in [6, 6.07) is 10.8. The third-order valence-corrected chi connectivity index (χ3v) is 6.59. The van der Waals surface area contributed by atoms with E-state index in [-0.39, 0.29) is 5.91 Å². The number of ether oxygens (including phenoxy) is 1. The first kappa shape index (κ1) is 18.3. The number of carbonyl (C=O) groups is 1. The zero-order valence-corrected chi connectivity index (χ0v) is 16.6. The Labute approximate surface area is 164 Å². The number of benzene rings is 1. The summed E-state index contributed by atoms with van der Waals surface area (Å²) in [7, 11) is 1.68. The summed E-state index contributed by atoms with van der Waals surface area (Å²) in [6.07, 6.45) is 6.51. The highest BCUT2D eigenvalue weighted by Crippen LogP contribution is 2.50. The van der Waals surface area contributed by atoms with E-state index in [9.17, 15) is 4.79 Å². The van der Waals surface area contributed by atoms with Gasteiger partial charge in [-0.25, -0.2) is 0 Å². The standard InChI is InChI=1S/C22H26N2O2S/c1-14-7-10-20(27-14)21-17-6-3-5-16(17)18-13-15(8-9-19(18)24-21)22(25)23-11-4-12-26-2/h3,5,7-10,13,16-17,21,24H,4,6,11-12H2,1-2H3,(H,23,25). The van der Waals surface area contributed by atoms with Crippen molar-refractivity contribution in [1.82, 2.24) is 5.32 Å². The maximum Gasteiger partial charge on any atom is 0.251 e. The summed E-state index contributed by atoms with van der Waals surface area (Å²) < 4.78 is 5.03. The molecule has 1 amide bonds. The molecule has 5 heteroatoms. The molecule has 0 fully saturated rings. The van der Waals surface area contributed by atoms with Crippen LogP contribution in [-0.2, 0) is 4.74 Å². The number of hydrogen-bond acceptors (Lipinski definition) is 4. The lowest BCUT2D eigenvalue weighted by atomic mass is 9.78. The second-order valence-corrected chi connectivity index (χ2v) is 8.65. The Bertz CT molecular complexity index is 858. The van der Waals surface area contributed by atoms with Crippen molar-refractivity contribution < 1.29 is 9.53 Å². The minimum atomic E-state index is -0.0107. The van der Waals surface area contributed by atoms with Gasteiger partial charge in [0.05, 0.1) is 6.04 Å². The summed E-state index contributed by atoms with van der Waals surface area (Å²) in [5.74, 6) is 0.869. The molecule has 27 heavy (non-hydrogen) atoms. The minimum absolute atomic E-state index is 0.0107. The highest BCUT2D eigenvalue weighted by atomic mass is 32.1. The summed E-state index contributed by atoms with van der Waals surface area (Å²) in [4.78, 5) is 15.2. The molecule has 1 aliphatic heterocycles. The Balaban J connectivity index is 1.56. The lowest BCUT2D eigenvalue weighted by molar-refractivity contribution is 0.0948. The van der Waals surface area contributed by atoms with Gasteiger partial charge in [0.1, 0.15) is 0 Å². The van der Waals surface area contributed by atoms with E-state index in [1.165, 1.54) is 15.3 Å². The van der Waals surface area contributed by atoms with Gasteiger partial charge >= 0.3 is 0 Å². The molecule has 3 unspecified atom stereocenters. The zero-order valence-electron chi connectivity index (χ0n) is 15.8. The third kappa shape index (κ3) is 3.66. The largest absolute Gasteiger partial charge is 0.385 e. The van der Waals surface area contributed by atoms with Crippen LogP contribution in [0, 0.1) is 12.8 Å². The Kier molecular flexibility index (Phi) is 5.32. The van der Waals surface area contributed by atoms with Gasteiger partial charge in [0.2, 0.25) is 0 Å². The Morgan fingerprint density at radius 3 is 3.00 bits per heavy atom. The Hall–Kier alpha value is -2.11. The van der Waals surface area contributed by atoms with E-state index in [4.69, 9.17) is 4.74 Å². The fraction of sp³-hybridized carbons (Fsp3) is 0.409. The number of thiophene rings is 1. The maximum absolute atomic E-state index is 12.5. The summed E-state index contributed by atoms with van der Waals surface area (Å²) in [5.41, 5.74) is 3.12. The molecule has 4 nitrogen and oxygen atoms in total. The van der Waals surface area contributed by atoms with Crippen LogP contribution in [0.5, 0.6) is 0 Å². The second kappa shape index (κ2) is 7.87. The molecular formula is C22H26N2O2S. The van der Waals surface area contributed by atoms with Gasteiger partial charge < -0.3 is 15.4 Å². The number of rotatable bonds is 6. The molecule has 2 heterocycles. The third-order valence-electron chi connectivity index (χ3n) is 5.50.